The minimum atomic E-state index is -1.45. The first kappa shape index (κ1) is 13.8. The molecule has 0 radical (unpaired) electrons. The Kier molecular flexibility index (Phi) is 10.9. The highest BCUT2D eigenvalue weighted by atomic mass is 16.7. The largest absolute Gasteiger partial charge is 0.505 e. The Morgan fingerprint density at radius 3 is 1.62 bits per heavy atom. The molecule has 0 atom stereocenters. The number of ether oxygens (including phenoxy) is 2. The van der Waals surface area contributed by atoms with Crippen molar-refractivity contribution in [1.29, 1.82) is 0 Å². The lowest BCUT2D eigenvalue weighted by Crippen LogP contribution is -2.10. The van der Waals surface area contributed by atoms with E-state index in [1.54, 1.807) is 6.08 Å². The van der Waals surface area contributed by atoms with Crippen molar-refractivity contribution in [1.82, 2.24) is 0 Å². The predicted molar refractivity (Wildman–Crippen MR) is 43.8 cm³/mol. The quantitative estimate of drug-likeness (QED) is 0.400. The van der Waals surface area contributed by atoms with E-state index >= 15 is 0 Å². The van der Waals surface area contributed by atoms with E-state index in [-0.39, 0.29) is 13.2 Å². The van der Waals surface area contributed by atoms with Gasteiger partial charge in [-0.25, -0.2) is 9.59 Å². The molecule has 0 saturated heterocycles. The van der Waals surface area contributed by atoms with Gasteiger partial charge < -0.3 is 19.7 Å². The molecule has 0 aliphatic rings. The third-order valence-electron chi connectivity index (χ3n) is 0.534. The lowest BCUT2D eigenvalue weighted by atomic mass is 10.8. The summed E-state index contributed by atoms with van der Waals surface area (Å²) in [4.78, 5) is 19.2. The van der Waals surface area contributed by atoms with Gasteiger partial charge >= 0.3 is 12.3 Å². The maximum absolute atomic E-state index is 9.62. The highest BCUT2D eigenvalue weighted by Gasteiger charge is 1.98. The first-order valence-corrected chi connectivity index (χ1v) is 3.33. The molecular formula is C7H12O6. The SMILES string of the molecule is C=CC.O=C(O)OCCOC(=O)O. The van der Waals surface area contributed by atoms with Crippen LogP contribution in [0.5, 0.6) is 0 Å². The summed E-state index contributed by atoms with van der Waals surface area (Å²) in [7, 11) is 0. The third kappa shape index (κ3) is 25.3. The van der Waals surface area contributed by atoms with Crippen LogP contribution in [0.25, 0.3) is 0 Å². The maximum Gasteiger partial charge on any atom is 0.505 e. The Morgan fingerprint density at radius 2 is 1.46 bits per heavy atom. The van der Waals surface area contributed by atoms with Gasteiger partial charge in [0.15, 0.2) is 0 Å². The molecule has 76 valence electrons. The lowest BCUT2D eigenvalue weighted by Gasteiger charge is -1.98. The van der Waals surface area contributed by atoms with Crippen molar-refractivity contribution in [3.8, 4) is 0 Å². The Morgan fingerprint density at radius 1 is 1.23 bits per heavy atom. The first-order valence-electron chi connectivity index (χ1n) is 3.33. The molecule has 0 spiro atoms. The number of carboxylic acid groups (broad SMARTS) is 2. The highest BCUT2D eigenvalue weighted by molar-refractivity contribution is 5.57. The Labute approximate surface area is 75.4 Å². The van der Waals surface area contributed by atoms with Crippen molar-refractivity contribution in [3.05, 3.63) is 12.7 Å². The zero-order valence-corrected chi connectivity index (χ0v) is 7.23. The molecule has 0 saturated carbocycles. The molecule has 13 heavy (non-hydrogen) atoms. The number of hydrogen-bond acceptors (Lipinski definition) is 4. The van der Waals surface area contributed by atoms with Crippen LogP contribution in [0.15, 0.2) is 12.7 Å². The molecule has 0 unspecified atom stereocenters. The van der Waals surface area contributed by atoms with Gasteiger partial charge in [-0.2, -0.15) is 0 Å². The zero-order chi connectivity index (χ0) is 10.7. The van der Waals surface area contributed by atoms with Crippen LogP contribution in [0, 0.1) is 0 Å². The van der Waals surface area contributed by atoms with Gasteiger partial charge in [0.1, 0.15) is 13.2 Å². The van der Waals surface area contributed by atoms with Gasteiger partial charge in [-0.05, 0) is 6.92 Å². The van der Waals surface area contributed by atoms with Gasteiger partial charge in [-0.1, -0.05) is 6.08 Å². The van der Waals surface area contributed by atoms with Crippen molar-refractivity contribution in [2.24, 2.45) is 0 Å². The van der Waals surface area contributed by atoms with Gasteiger partial charge in [-0.3, -0.25) is 0 Å². The second-order valence-corrected chi connectivity index (χ2v) is 1.64. The van der Waals surface area contributed by atoms with Crippen LogP contribution in [-0.2, 0) is 9.47 Å². The highest BCUT2D eigenvalue weighted by Crippen LogP contribution is 1.79. The molecule has 0 aromatic heterocycles. The van der Waals surface area contributed by atoms with Crippen LogP contribution in [0.1, 0.15) is 6.92 Å². The Bertz CT molecular complexity index is 148. The molecule has 0 amide bonds. The van der Waals surface area contributed by atoms with Crippen LogP contribution >= 0.6 is 0 Å². The molecule has 6 heteroatoms. The Hall–Kier alpha value is -1.72. The van der Waals surface area contributed by atoms with Crippen LogP contribution in [0.2, 0.25) is 0 Å². The van der Waals surface area contributed by atoms with Crippen molar-refractivity contribution in [2.75, 3.05) is 13.2 Å². The van der Waals surface area contributed by atoms with Crippen LogP contribution in [0.4, 0.5) is 9.59 Å². The first-order chi connectivity index (χ1) is 6.04. The molecular weight excluding hydrogens is 180 g/mol. The summed E-state index contributed by atoms with van der Waals surface area (Å²) in [6, 6.07) is 0. The second-order valence-electron chi connectivity index (χ2n) is 1.64. The van der Waals surface area contributed by atoms with E-state index in [4.69, 9.17) is 10.2 Å². The number of allylic oxidation sites excluding steroid dienone is 1. The van der Waals surface area contributed by atoms with E-state index in [1.165, 1.54) is 0 Å². The fraction of sp³-hybridized carbons (Fsp3) is 0.429. The summed E-state index contributed by atoms with van der Waals surface area (Å²) in [6.07, 6.45) is -1.15. The number of hydrogen-bond donors (Lipinski definition) is 2. The van der Waals surface area contributed by atoms with E-state index in [9.17, 15) is 9.59 Å². The summed E-state index contributed by atoms with van der Waals surface area (Å²) in [5.74, 6) is 0. The standard InChI is InChI=1S/C4H6O6.C3H6/c5-3(6)9-1-2-10-4(7)8;1-3-2/h1-2H2,(H,5,6)(H,7,8);3H,1H2,2H3. The van der Waals surface area contributed by atoms with Crippen molar-refractivity contribution >= 4 is 12.3 Å². The van der Waals surface area contributed by atoms with E-state index in [0.29, 0.717) is 0 Å². The Balaban J connectivity index is 0. The zero-order valence-electron chi connectivity index (χ0n) is 7.23. The average Bonchev–Trinajstić information content (AvgIpc) is 1.99. The summed E-state index contributed by atoms with van der Waals surface area (Å²) < 4.78 is 7.84. The summed E-state index contributed by atoms with van der Waals surface area (Å²) in [5.41, 5.74) is 0. The molecule has 0 aliphatic carbocycles. The number of carbonyl (C=O) groups is 2. The van der Waals surface area contributed by atoms with Gasteiger partial charge in [0, 0.05) is 0 Å². The topological polar surface area (TPSA) is 93.1 Å². The fourth-order valence-electron chi connectivity index (χ4n) is 0.258. The summed E-state index contributed by atoms with van der Waals surface area (Å²) >= 11 is 0. The van der Waals surface area contributed by atoms with Gasteiger partial charge in [0.25, 0.3) is 0 Å². The minimum Gasteiger partial charge on any atom is -0.450 e. The van der Waals surface area contributed by atoms with E-state index < -0.39 is 12.3 Å². The normalized spacial score (nSPS) is 7.46. The molecule has 0 heterocycles. The number of rotatable bonds is 3. The molecule has 0 aromatic rings. The van der Waals surface area contributed by atoms with E-state index in [1.807, 2.05) is 6.92 Å². The summed E-state index contributed by atoms with van der Waals surface area (Å²) in [5, 5.41) is 15.7. The average molecular weight is 192 g/mol. The smallest absolute Gasteiger partial charge is 0.450 e. The molecule has 0 aromatic carbocycles. The minimum absolute atomic E-state index is 0.276. The van der Waals surface area contributed by atoms with Gasteiger partial charge in [0.05, 0.1) is 0 Å². The van der Waals surface area contributed by atoms with Gasteiger partial charge in [-0.15, -0.1) is 6.58 Å². The lowest BCUT2D eigenvalue weighted by molar-refractivity contribution is 0.0472. The molecule has 0 fully saturated rings. The van der Waals surface area contributed by atoms with Crippen molar-refractivity contribution < 1.29 is 29.3 Å². The molecule has 2 N–H and O–H groups in total. The molecule has 6 nitrogen and oxygen atoms in total. The third-order valence-corrected chi connectivity index (χ3v) is 0.534. The van der Waals surface area contributed by atoms with Crippen LogP contribution in [0.3, 0.4) is 0 Å². The second kappa shape index (κ2) is 10.3. The summed E-state index contributed by atoms with van der Waals surface area (Å²) in [6.45, 7) is 4.70. The maximum atomic E-state index is 9.62. The monoisotopic (exact) mass is 192 g/mol. The van der Waals surface area contributed by atoms with Crippen molar-refractivity contribution in [3.63, 3.8) is 0 Å². The molecule has 0 aliphatic heterocycles. The predicted octanol–water partition coefficient (Wildman–Crippen LogP) is 1.57. The molecule has 0 rings (SSSR count). The van der Waals surface area contributed by atoms with E-state index in [0.717, 1.165) is 0 Å². The van der Waals surface area contributed by atoms with E-state index in [2.05, 4.69) is 16.1 Å². The molecule has 0 bridgehead atoms. The van der Waals surface area contributed by atoms with Crippen LogP contribution in [-0.4, -0.2) is 35.7 Å². The van der Waals surface area contributed by atoms with Crippen LogP contribution < -0.4 is 0 Å². The van der Waals surface area contributed by atoms with Gasteiger partial charge in [0.2, 0.25) is 0 Å². The van der Waals surface area contributed by atoms with Crippen molar-refractivity contribution in [2.45, 2.75) is 6.92 Å². The fourth-order valence-corrected chi connectivity index (χ4v) is 0.258.